The predicted molar refractivity (Wildman–Crippen MR) is 71.7 cm³/mol. The van der Waals surface area contributed by atoms with Gasteiger partial charge in [0.2, 0.25) is 0 Å². The van der Waals surface area contributed by atoms with Crippen LogP contribution in [0.3, 0.4) is 0 Å². The fourth-order valence-electron chi connectivity index (χ4n) is 2.15. The summed E-state index contributed by atoms with van der Waals surface area (Å²) in [5, 5.41) is 9.88. The van der Waals surface area contributed by atoms with Crippen LogP contribution in [0.5, 0.6) is 0 Å². The van der Waals surface area contributed by atoms with Crippen molar-refractivity contribution in [2.24, 2.45) is 5.73 Å². The summed E-state index contributed by atoms with van der Waals surface area (Å²) in [5.74, 6) is 0. The number of likely N-dealkylation sites (tertiary alicyclic amines) is 1. The van der Waals surface area contributed by atoms with Crippen LogP contribution in [0, 0.1) is 0 Å². The smallest absolute Gasteiger partial charge is 0.410 e. The van der Waals surface area contributed by atoms with Crippen LogP contribution >= 0.6 is 0 Å². The minimum Gasteiger partial charge on any atom is -0.445 e. The molecule has 2 atom stereocenters. The second-order valence-corrected chi connectivity index (χ2v) is 5.01. The molecule has 0 saturated carbocycles. The van der Waals surface area contributed by atoms with Crippen LogP contribution in [-0.2, 0) is 11.3 Å². The number of ether oxygens (including phenoxy) is 1. The third-order valence-corrected chi connectivity index (χ3v) is 3.60. The van der Waals surface area contributed by atoms with E-state index >= 15 is 0 Å². The molecule has 3 N–H and O–H groups in total. The molecule has 1 saturated heterocycles. The summed E-state index contributed by atoms with van der Waals surface area (Å²) < 4.78 is 19.0. The number of hydrogen-bond acceptors (Lipinski definition) is 4. The van der Waals surface area contributed by atoms with Crippen LogP contribution in [0.25, 0.3) is 0 Å². The van der Waals surface area contributed by atoms with E-state index in [4.69, 9.17) is 10.5 Å². The lowest BCUT2D eigenvalue weighted by atomic mass is 9.90. The molecule has 0 aromatic heterocycles. The summed E-state index contributed by atoms with van der Waals surface area (Å²) in [6, 6.07) is 9.26. The largest absolute Gasteiger partial charge is 0.445 e. The Kier molecular flexibility index (Phi) is 4.57. The highest BCUT2D eigenvalue weighted by molar-refractivity contribution is 5.67. The number of halogens is 1. The lowest BCUT2D eigenvalue weighted by molar-refractivity contribution is -0.0745. The van der Waals surface area contributed by atoms with Gasteiger partial charge in [-0.15, -0.1) is 0 Å². The first-order chi connectivity index (χ1) is 9.55. The second kappa shape index (κ2) is 6.19. The maximum Gasteiger partial charge on any atom is 0.410 e. The van der Waals surface area contributed by atoms with Gasteiger partial charge in [0.05, 0.1) is 6.54 Å². The monoisotopic (exact) mass is 282 g/mol. The van der Waals surface area contributed by atoms with Gasteiger partial charge in [-0.1, -0.05) is 30.3 Å². The quantitative estimate of drug-likeness (QED) is 0.869. The minimum atomic E-state index is -1.55. The van der Waals surface area contributed by atoms with E-state index in [1.165, 1.54) is 4.90 Å². The molecule has 110 valence electrons. The summed E-state index contributed by atoms with van der Waals surface area (Å²) in [5.41, 5.74) is 4.70. The number of nitrogens with two attached hydrogens (primary N) is 1. The van der Waals surface area contributed by atoms with Crippen molar-refractivity contribution >= 4 is 6.09 Å². The summed E-state index contributed by atoms with van der Waals surface area (Å²) in [6.45, 7) is 0.0401. The number of alkyl halides is 1. The van der Waals surface area contributed by atoms with E-state index in [0.717, 1.165) is 5.56 Å². The van der Waals surface area contributed by atoms with Crippen molar-refractivity contribution in [2.45, 2.75) is 24.8 Å². The average molecular weight is 282 g/mol. The molecule has 1 heterocycles. The number of nitrogens with zero attached hydrogens (tertiary/aromatic N) is 1. The topological polar surface area (TPSA) is 75.8 Å². The second-order valence-electron chi connectivity index (χ2n) is 5.01. The molecule has 20 heavy (non-hydrogen) atoms. The minimum absolute atomic E-state index is 0.116. The third-order valence-electron chi connectivity index (χ3n) is 3.60. The van der Waals surface area contributed by atoms with Crippen LogP contribution in [0.2, 0.25) is 0 Å². The number of aliphatic hydroxyl groups is 1. The highest BCUT2D eigenvalue weighted by Crippen LogP contribution is 2.24. The van der Waals surface area contributed by atoms with Gasteiger partial charge in [0.1, 0.15) is 18.4 Å². The molecule has 0 spiro atoms. The van der Waals surface area contributed by atoms with Gasteiger partial charge in [0.25, 0.3) is 0 Å². The number of carbonyl (C=O) groups excluding carboxylic acids is 1. The molecule has 0 aliphatic carbocycles. The average Bonchev–Trinajstić information content (AvgIpc) is 2.48. The number of rotatable bonds is 3. The lowest BCUT2D eigenvalue weighted by Crippen LogP contribution is -2.58. The fraction of sp³-hybridized carbons (Fsp3) is 0.500. The van der Waals surface area contributed by atoms with Gasteiger partial charge in [-0.3, -0.25) is 0 Å². The van der Waals surface area contributed by atoms with Crippen molar-refractivity contribution in [1.29, 1.82) is 0 Å². The van der Waals surface area contributed by atoms with Gasteiger partial charge in [0, 0.05) is 13.1 Å². The van der Waals surface area contributed by atoms with Gasteiger partial charge in [0.15, 0.2) is 0 Å². The van der Waals surface area contributed by atoms with Crippen molar-refractivity contribution < 1.29 is 19.0 Å². The summed E-state index contributed by atoms with van der Waals surface area (Å²) in [4.78, 5) is 13.1. The Balaban J connectivity index is 1.85. The standard InChI is InChI=1S/C14H19FN2O3/c15-12-8-17(7-6-14(12,19)10-16)13(18)20-9-11-4-2-1-3-5-11/h1-5,12,19H,6-10,16H2/t12-,14-/m0/s1. The van der Waals surface area contributed by atoms with E-state index in [0.29, 0.717) is 0 Å². The first-order valence-corrected chi connectivity index (χ1v) is 6.57. The highest BCUT2D eigenvalue weighted by Gasteiger charge is 2.42. The number of hydrogen-bond donors (Lipinski definition) is 2. The van der Waals surface area contributed by atoms with Gasteiger partial charge in [-0.25, -0.2) is 9.18 Å². The zero-order valence-corrected chi connectivity index (χ0v) is 11.2. The number of carbonyl (C=O) groups is 1. The Bertz CT molecular complexity index is 457. The van der Waals surface area contributed by atoms with Crippen molar-refractivity contribution in [3.8, 4) is 0 Å². The lowest BCUT2D eigenvalue weighted by Gasteiger charge is -2.39. The summed E-state index contributed by atoms with van der Waals surface area (Å²) in [7, 11) is 0. The summed E-state index contributed by atoms with van der Waals surface area (Å²) >= 11 is 0. The first-order valence-electron chi connectivity index (χ1n) is 6.57. The van der Waals surface area contributed by atoms with Crippen molar-refractivity contribution in [2.75, 3.05) is 19.6 Å². The van der Waals surface area contributed by atoms with Crippen LogP contribution < -0.4 is 5.73 Å². The molecule has 1 fully saturated rings. The molecule has 1 amide bonds. The fourth-order valence-corrected chi connectivity index (χ4v) is 2.15. The molecule has 1 aliphatic rings. The van der Waals surface area contributed by atoms with E-state index < -0.39 is 17.9 Å². The molecule has 6 heteroatoms. The Labute approximate surface area is 117 Å². The van der Waals surface area contributed by atoms with Gasteiger partial charge in [-0.05, 0) is 12.0 Å². The van der Waals surface area contributed by atoms with E-state index in [1.54, 1.807) is 0 Å². The van der Waals surface area contributed by atoms with Crippen LogP contribution in [0.4, 0.5) is 9.18 Å². The Hall–Kier alpha value is -1.66. The maximum atomic E-state index is 13.8. The van der Waals surface area contributed by atoms with Crippen molar-refractivity contribution in [3.05, 3.63) is 35.9 Å². The Morgan fingerprint density at radius 1 is 1.50 bits per heavy atom. The Morgan fingerprint density at radius 3 is 2.80 bits per heavy atom. The van der Waals surface area contributed by atoms with E-state index in [2.05, 4.69) is 0 Å². The predicted octanol–water partition coefficient (Wildman–Crippen LogP) is 1.06. The number of amides is 1. The number of piperidine rings is 1. The Morgan fingerprint density at radius 2 is 2.20 bits per heavy atom. The first kappa shape index (κ1) is 14.7. The molecule has 1 aromatic carbocycles. The summed E-state index contributed by atoms with van der Waals surface area (Å²) in [6.07, 6.45) is -2.01. The normalized spacial score (nSPS) is 26.4. The SMILES string of the molecule is NC[C@@]1(O)CCN(C(=O)OCc2ccccc2)C[C@@H]1F. The van der Waals surface area contributed by atoms with E-state index in [-0.39, 0.29) is 32.7 Å². The number of benzene rings is 1. The van der Waals surface area contributed by atoms with Crippen LogP contribution in [0.15, 0.2) is 30.3 Å². The van der Waals surface area contributed by atoms with Crippen LogP contribution in [-0.4, -0.2) is 47.5 Å². The third kappa shape index (κ3) is 3.26. The van der Waals surface area contributed by atoms with E-state index in [1.807, 2.05) is 30.3 Å². The zero-order valence-electron chi connectivity index (χ0n) is 11.2. The highest BCUT2D eigenvalue weighted by atomic mass is 19.1. The molecule has 5 nitrogen and oxygen atoms in total. The maximum absolute atomic E-state index is 13.8. The molecule has 2 rings (SSSR count). The van der Waals surface area contributed by atoms with Gasteiger partial charge >= 0.3 is 6.09 Å². The van der Waals surface area contributed by atoms with Crippen LogP contribution in [0.1, 0.15) is 12.0 Å². The van der Waals surface area contributed by atoms with Crippen molar-refractivity contribution in [1.82, 2.24) is 4.90 Å². The molecular weight excluding hydrogens is 263 g/mol. The molecular formula is C14H19FN2O3. The van der Waals surface area contributed by atoms with Gasteiger partial charge in [-0.2, -0.15) is 0 Å². The zero-order chi connectivity index (χ0) is 14.6. The van der Waals surface area contributed by atoms with E-state index in [9.17, 15) is 14.3 Å². The molecule has 0 bridgehead atoms. The molecule has 1 aliphatic heterocycles. The molecule has 0 radical (unpaired) electrons. The van der Waals surface area contributed by atoms with Gasteiger partial charge < -0.3 is 20.5 Å². The molecule has 1 aromatic rings. The molecule has 0 unspecified atom stereocenters. The van der Waals surface area contributed by atoms with Crippen molar-refractivity contribution in [3.63, 3.8) is 0 Å².